The van der Waals surface area contributed by atoms with E-state index in [1.165, 1.54) is 66.0 Å². The van der Waals surface area contributed by atoms with Crippen molar-refractivity contribution in [1.82, 2.24) is 15.0 Å². The summed E-state index contributed by atoms with van der Waals surface area (Å²) in [4.78, 5) is 15.1. The third kappa shape index (κ3) is 7.40. The van der Waals surface area contributed by atoms with Gasteiger partial charge in [-0.05, 0) is 102 Å². The van der Waals surface area contributed by atoms with Crippen molar-refractivity contribution in [2.45, 2.75) is 38.9 Å². The Balaban J connectivity index is 0.927. The van der Waals surface area contributed by atoms with Gasteiger partial charge in [0.1, 0.15) is 0 Å². The minimum absolute atomic E-state index is 0.138. The maximum absolute atomic E-state index is 5.09. The van der Waals surface area contributed by atoms with Crippen LogP contribution in [0.5, 0.6) is 0 Å². The van der Waals surface area contributed by atoms with Crippen molar-refractivity contribution >= 4 is 24.0 Å². The van der Waals surface area contributed by atoms with Crippen molar-refractivity contribution in [2.24, 2.45) is 0 Å². The maximum Gasteiger partial charge on any atom is 0.164 e. The minimum atomic E-state index is -1.52. The van der Waals surface area contributed by atoms with E-state index in [1.54, 1.807) is 0 Å². The molecule has 0 amide bonds. The summed E-state index contributed by atoms with van der Waals surface area (Å²) in [6, 6.07) is 74.5. The van der Waals surface area contributed by atoms with E-state index in [9.17, 15) is 0 Å². The molecule has 10 aromatic rings. The zero-order valence-electron chi connectivity index (χ0n) is 37.5. The molecule has 1 aliphatic carbocycles. The molecule has 0 bridgehead atoms. The molecule has 0 aliphatic heterocycles. The number of fused-ring (bicyclic) bond motifs is 4. The molecule has 0 spiro atoms. The molecule has 9 aromatic carbocycles. The molecule has 1 aliphatic rings. The third-order valence-electron chi connectivity index (χ3n) is 13.3. The van der Waals surface area contributed by atoms with Gasteiger partial charge in [-0.3, -0.25) is 0 Å². The fraction of sp³-hybridized carbons (Fsp3) is 0.0984. The van der Waals surface area contributed by atoms with Crippen LogP contribution < -0.4 is 5.19 Å². The minimum Gasteiger partial charge on any atom is -0.208 e. The molecule has 312 valence electrons. The number of rotatable bonds is 8. The summed E-state index contributed by atoms with van der Waals surface area (Å²) in [7, 11) is -1.52. The Morgan fingerprint density at radius 3 is 1.40 bits per heavy atom. The van der Waals surface area contributed by atoms with E-state index in [0.717, 1.165) is 33.4 Å². The van der Waals surface area contributed by atoms with E-state index in [2.05, 4.69) is 215 Å². The lowest BCUT2D eigenvalue weighted by Crippen LogP contribution is -2.38. The van der Waals surface area contributed by atoms with Crippen LogP contribution in [0.3, 0.4) is 0 Å². The first-order chi connectivity index (χ1) is 31.6. The van der Waals surface area contributed by atoms with Crippen molar-refractivity contribution in [1.29, 1.82) is 0 Å². The van der Waals surface area contributed by atoms with Crippen LogP contribution in [-0.4, -0.2) is 23.0 Å². The van der Waals surface area contributed by atoms with Crippen LogP contribution in [-0.2, 0) is 5.41 Å². The summed E-state index contributed by atoms with van der Waals surface area (Å²) in [5.41, 5.74) is 17.6. The van der Waals surface area contributed by atoms with Crippen molar-refractivity contribution in [2.75, 3.05) is 0 Å². The zero-order chi connectivity index (χ0) is 44.3. The average Bonchev–Trinajstić information content (AvgIpc) is 3.58. The van der Waals surface area contributed by atoms with Gasteiger partial charge in [-0.15, -0.1) is 0 Å². The van der Waals surface area contributed by atoms with Crippen LogP contribution in [0.2, 0.25) is 19.6 Å². The summed E-state index contributed by atoms with van der Waals surface area (Å²) in [5.74, 6) is 1.93. The van der Waals surface area contributed by atoms with Gasteiger partial charge < -0.3 is 0 Å². The van der Waals surface area contributed by atoms with E-state index in [0.29, 0.717) is 17.5 Å². The maximum atomic E-state index is 5.09. The Labute approximate surface area is 383 Å². The van der Waals surface area contributed by atoms with Gasteiger partial charge >= 0.3 is 0 Å². The van der Waals surface area contributed by atoms with Gasteiger partial charge in [-0.25, -0.2) is 15.0 Å². The number of hydrogen-bond acceptors (Lipinski definition) is 3. The first-order valence-electron chi connectivity index (χ1n) is 22.6. The van der Waals surface area contributed by atoms with Crippen LogP contribution in [0.25, 0.3) is 101 Å². The van der Waals surface area contributed by atoms with Gasteiger partial charge in [-0.2, -0.15) is 0 Å². The second-order valence-electron chi connectivity index (χ2n) is 18.9. The monoisotopic (exact) mass is 851 g/mol. The second kappa shape index (κ2) is 15.9. The van der Waals surface area contributed by atoms with Crippen LogP contribution in [0.4, 0.5) is 0 Å². The number of hydrogen-bond donors (Lipinski definition) is 0. The summed E-state index contributed by atoms with van der Waals surface area (Å²) in [5, 5.41) is 4.25. The summed E-state index contributed by atoms with van der Waals surface area (Å²) in [6.45, 7) is 12.1. The molecular weight excluding hydrogens is 803 g/mol. The molecule has 1 aromatic heterocycles. The van der Waals surface area contributed by atoms with Crippen molar-refractivity contribution in [3.8, 4) is 89.8 Å². The highest BCUT2D eigenvalue weighted by Crippen LogP contribution is 2.51. The van der Waals surface area contributed by atoms with E-state index in [4.69, 9.17) is 15.0 Å². The second-order valence-corrected chi connectivity index (χ2v) is 23.9. The van der Waals surface area contributed by atoms with Gasteiger partial charge in [0.2, 0.25) is 0 Å². The topological polar surface area (TPSA) is 38.7 Å². The molecule has 11 rings (SSSR count). The predicted octanol–water partition coefficient (Wildman–Crippen LogP) is 15.5. The van der Waals surface area contributed by atoms with E-state index < -0.39 is 8.07 Å². The molecule has 0 fully saturated rings. The first kappa shape index (κ1) is 40.3. The van der Waals surface area contributed by atoms with Gasteiger partial charge in [0, 0.05) is 22.1 Å². The van der Waals surface area contributed by atoms with Gasteiger partial charge in [-0.1, -0.05) is 221 Å². The fourth-order valence-electron chi connectivity index (χ4n) is 9.81. The molecule has 1 heterocycles. The summed E-state index contributed by atoms with van der Waals surface area (Å²) < 4.78 is 0. The lowest BCUT2D eigenvalue weighted by Gasteiger charge is -2.23. The molecule has 0 atom stereocenters. The highest BCUT2D eigenvalue weighted by atomic mass is 28.3. The molecule has 4 heteroatoms. The zero-order valence-corrected chi connectivity index (χ0v) is 38.5. The molecule has 0 saturated heterocycles. The highest BCUT2D eigenvalue weighted by molar-refractivity contribution is 6.90. The Bertz CT molecular complexity index is 3420. The molecule has 0 radical (unpaired) electrons. The normalized spacial score (nSPS) is 12.8. The molecule has 3 nitrogen and oxygen atoms in total. The van der Waals surface area contributed by atoms with Crippen LogP contribution >= 0.6 is 0 Å². The molecular formula is C61H49N3Si. The third-order valence-corrected chi connectivity index (χ3v) is 15.3. The Morgan fingerprint density at radius 1 is 0.308 bits per heavy atom. The molecule has 0 unspecified atom stereocenters. The SMILES string of the molecule is CC1(C)c2ccc(-c3ccc([Si](C)(C)C)c4ccccc34)cc2-c2ccc(-c3cccc(-c4cccc(-c5nc(-c6ccccc6)nc(-c6ccc(-c7ccccc7)cc6)n5)c4)c3)cc21. The van der Waals surface area contributed by atoms with Crippen LogP contribution in [0.1, 0.15) is 25.0 Å². The lowest BCUT2D eigenvalue weighted by molar-refractivity contribution is 0.660. The molecule has 0 saturated carbocycles. The smallest absolute Gasteiger partial charge is 0.164 e. The summed E-state index contributed by atoms with van der Waals surface area (Å²) >= 11 is 0. The van der Waals surface area contributed by atoms with Crippen molar-refractivity contribution in [3.63, 3.8) is 0 Å². The van der Waals surface area contributed by atoms with Gasteiger partial charge in [0.05, 0.1) is 8.07 Å². The number of aromatic nitrogens is 3. The standard InChI is InChI=1S/C61H49N3Si/c1-61(2)55-34-31-48(50-33-35-57(65(3,4)5)53-25-13-12-24-51(50)53)38-54(55)52-32-30-47(39-56(52)61)45-21-14-20-44(36-45)46-22-15-23-49(37-46)60-63-58(42-18-10-7-11-19-42)62-59(64-60)43-28-26-41(27-29-43)40-16-8-6-9-17-40/h6-39H,1-5H3. The van der Waals surface area contributed by atoms with Crippen LogP contribution in [0, 0.1) is 0 Å². The quantitative estimate of drug-likeness (QED) is 0.143. The van der Waals surface area contributed by atoms with Gasteiger partial charge in [0.15, 0.2) is 17.5 Å². The van der Waals surface area contributed by atoms with Gasteiger partial charge in [0.25, 0.3) is 0 Å². The van der Waals surface area contributed by atoms with E-state index >= 15 is 0 Å². The average molecular weight is 852 g/mol. The summed E-state index contributed by atoms with van der Waals surface area (Å²) in [6.07, 6.45) is 0. The van der Waals surface area contributed by atoms with Crippen molar-refractivity contribution < 1.29 is 0 Å². The van der Waals surface area contributed by atoms with Crippen molar-refractivity contribution in [3.05, 3.63) is 217 Å². The Morgan fingerprint density at radius 2 is 0.754 bits per heavy atom. The first-order valence-corrected chi connectivity index (χ1v) is 26.1. The van der Waals surface area contributed by atoms with E-state index in [-0.39, 0.29) is 5.41 Å². The van der Waals surface area contributed by atoms with Crippen LogP contribution in [0.15, 0.2) is 206 Å². The molecule has 65 heavy (non-hydrogen) atoms. The predicted molar refractivity (Wildman–Crippen MR) is 276 cm³/mol. The number of nitrogens with zero attached hydrogens (tertiary/aromatic N) is 3. The number of benzene rings is 9. The molecule has 0 N–H and O–H groups in total. The van der Waals surface area contributed by atoms with E-state index in [1.807, 2.05) is 24.3 Å². The Kier molecular flexibility index (Phi) is 9.86. The highest BCUT2D eigenvalue weighted by Gasteiger charge is 2.36. The Hall–Kier alpha value is -7.53. The fourth-order valence-corrected chi connectivity index (χ4v) is 11.4. The largest absolute Gasteiger partial charge is 0.208 e. The lowest BCUT2D eigenvalue weighted by atomic mass is 9.81.